The number of hydrogen-bond donors (Lipinski definition) is 0. The van der Waals surface area contributed by atoms with E-state index in [0.717, 1.165) is 26.1 Å². The number of benzene rings is 1. The number of amides is 1. The Bertz CT molecular complexity index is 727. The number of hydrogen-bond acceptors (Lipinski definition) is 5. The second-order valence-electron chi connectivity index (χ2n) is 6.52. The number of carbonyl (C=O) groups excluding carboxylic acids is 1. The van der Waals surface area contributed by atoms with Gasteiger partial charge < -0.3 is 9.80 Å². The Morgan fingerprint density at radius 2 is 2.04 bits per heavy atom. The fourth-order valence-corrected chi connectivity index (χ4v) is 3.12. The number of likely N-dealkylation sites (N-methyl/N-ethyl adjacent to an activating group) is 1. The van der Waals surface area contributed by atoms with Gasteiger partial charge in [0, 0.05) is 57.7 Å². The Morgan fingerprint density at radius 1 is 1.19 bits per heavy atom. The van der Waals surface area contributed by atoms with Crippen molar-refractivity contribution in [1.82, 2.24) is 19.8 Å². The van der Waals surface area contributed by atoms with E-state index in [2.05, 4.69) is 14.9 Å². The van der Waals surface area contributed by atoms with Crippen LogP contribution in [0.25, 0.3) is 0 Å². The molecule has 0 radical (unpaired) electrons. The largest absolute Gasteiger partial charge is 0.349 e. The third-order valence-electron chi connectivity index (χ3n) is 4.61. The Morgan fingerprint density at radius 3 is 2.81 bits per heavy atom. The number of halogens is 1. The molecule has 0 spiro atoms. The van der Waals surface area contributed by atoms with E-state index >= 15 is 0 Å². The minimum Gasteiger partial charge on any atom is -0.349 e. The van der Waals surface area contributed by atoms with Gasteiger partial charge in [-0.15, -0.1) is 0 Å². The molecule has 2 heterocycles. The summed E-state index contributed by atoms with van der Waals surface area (Å²) in [5.74, 6) is 0.582. The molecule has 1 aromatic heterocycles. The van der Waals surface area contributed by atoms with E-state index in [4.69, 9.17) is 0 Å². The Hall–Kier alpha value is -2.54. The number of rotatable bonds is 5. The molecule has 26 heavy (non-hydrogen) atoms. The molecule has 1 saturated heterocycles. The zero-order chi connectivity index (χ0) is 18.4. The number of aromatic nitrogens is 2. The molecule has 6 nitrogen and oxygen atoms in total. The topological polar surface area (TPSA) is 52.6 Å². The van der Waals surface area contributed by atoms with Crippen molar-refractivity contribution in [2.24, 2.45) is 0 Å². The quantitative estimate of drug-likeness (QED) is 0.817. The molecule has 138 valence electrons. The summed E-state index contributed by atoms with van der Waals surface area (Å²) < 4.78 is 13.8. The first-order valence-corrected chi connectivity index (χ1v) is 8.84. The highest BCUT2D eigenvalue weighted by Crippen LogP contribution is 2.13. The van der Waals surface area contributed by atoms with Crippen molar-refractivity contribution in [2.45, 2.75) is 13.0 Å². The van der Waals surface area contributed by atoms with Crippen molar-refractivity contribution in [2.75, 3.05) is 44.7 Å². The van der Waals surface area contributed by atoms with Crippen molar-refractivity contribution < 1.29 is 9.18 Å². The van der Waals surface area contributed by atoms with Gasteiger partial charge in [-0.25, -0.2) is 9.37 Å². The minimum atomic E-state index is -0.171. The van der Waals surface area contributed by atoms with Gasteiger partial charge in [-0.2, -0.15) is 0 Å². The van der Waals surface area contributed by atoms with Gasteiger partial charge in [0.15, 0.2) is 0 Å². The molecule has 2 aromatic rings. The third-order valence-corrected chi connectivity index (χ3v) is 4.61. The van der Waals surface area contributed by atoms with Crippen LogP contribution in [0.3, 0.4) is 0 Å². The predicted octanol–water partition coefficient (Wildman–Crippen LogP) is 1.79. The molecule has 7 heteroatoms. The number of anilines is 1. The lowest BCUT2D eigenvalue weighted by molar-refractivity contribution is -0.129. The fraction of sp³-hybridized carbons (Fsp3) is 0.421. The standard InChI is InChI=1S/C19H24FN5O/c1-23(18-13-21-7-8-22-18)15-19(26)25-10-4-9-24(11-12-25)14-16-5-2-3-6-17(16)20/h2-3,5-8,13H,4,9-12,14-15H2,1H3. The average Bonchev–Trinajstić information content (AvgIpc) is 2.90. The van der Waals surface area contributed by atoms with Gasteiger partial charge in [0.2, 0.25) is 5.91 Å². The summed E-state index contributed by atoms with van der Waals surface area (Å²) in [6.07, 6.45) is 5.75. The Labute approximate surface area is 153 Å². The first kappa shape index (κ1) is 18.3. The van der Waals surface area contributed by atoms with Gasteiger partial charge in [-0.3, -0.25) is 14.7 Å². The highest BCUT2D eigenvalue weighted by atomic mass is 19.1. The molecule has 0 saturated carbocycles. The van der Waals surface area contributed by atoms with Gasteiger partial charge in [0.1, 0.15) is 11.6 Å². The molecule has 0 aliphatic carbocycles. The molecule has 1 aliphatic rings. The smallest absolute Gasteiger partial charge is 0.242 e. The van der Waals surface area contributed by atoms with Crippen LogP contribution in [0.5, 0.6) is 0 Å². The summed E-state index contributed by atoms with van der Waals surface area (Å²) in [5, 5.41) is 0. The van der Waals surface area contributed by atoms with Crippen molar-refractivity contribution >= 4 is 11.7 Å². The third kappa shape index (κ3) is 4.76. The molecule has 1 fully saturated rings. The zero-order valence-corrected chi connectivity index (χ0v) is 15.0. The van der Waals surface area contributed by atoms with Crippen molar-refractivity contribution in [3.63, 3.8) is 0 Å². The second-order valence-corrected chi connectivity index (χ2v) is 6.52. The first-order chi connectivity index (χ1) is 12.6. The molecular weight excluding hydrogens is 333 g/mol. The van der Waals surface area contributed by atoms with E-state index in [9.17, 15) is 9.18 Å². The van der Waals surface area contributed by atoms with Crippen molar-refractivity contribution in [3.8, 4) is 0 Å². The normalized spacial score (nSPS) is 15.5. The van der Waals surface area contributed by atoms with E-state index < -0.39 is 0 Å². The van der Waals surface area contributed by atoms with Crippen LogP contribution in [-0.4, -0.2) is 65.4 Å². The van der Waals surface area contributed by atoms with Crippen LogP contribution in [-0.2, 0) is 11.3 Å². The SMILES string of the molecule is CN(CC(=O)N1CCCN(Cc2ccccc2F)CC1)c1cnccn1. The Kier molecular flexibility index (Phi) is 6.12. The van der Waals surface area contributed by atoms with E-state index in [0.29, 0.717) is 24.5 Å². The van der Waals surface area contributed by atoms with Crippen molar-refractivity contribution in [1.29, 1.82) is 0 Å². The second kappa shape index (κ2) is 8.71. The highest BCUT2D eigenvalue weighted by Gasteiger charge is 2.21. The van der Waals surface area contributed by atoms with Crippen LogP contribution in [0.4, 0.5) is 10.2 Å². The van der Waals surface area contributed by atoms with E-state index in [1.165, 1.54) is 6.07 Å². The molecule has 0 atom stereocenters. The maximum atomic E-state index is 13.8. The molecule has 3 rings (SSSR count). The summed E-state index contributed by atoms with van der Waals surface area (Å²) in [6.45, 7) is 3.83. The van der Waals surface area contributed by atoms with E-state index in [1.807, 2.05) is 24.1 Å². The van der Waals surface area contributed by atoms with Crippen LogP contribution < -0.4 is 4.90 Å². The number of carbonyl (C=O) groups is 1. The average molecular weight is 357 g/mol. The maximum Gasteiger partial charge on any atom is 0.242 e. The zero-order valence-electron chi connectivity index (χ0n) is 15.0. The molecule has 1 amide bonds. The van der Waals surface area contributed by atoms with Gasteiger partial charge >= 0.3 is 0 Å². The molecular formula is C19H24FN5O. The minimum absolute atomic E-state index is 0.0749. The van der Waals surface area contributed by atoms with Crippen LogP contribution in [0.15, 0.2) is 42.9 Å². The van der Waals surface area contributed by atoms with E-state index in [-0.39, 0.29) is 18.3 Å². The first-order valence-electron chi connectivity index (χ1n) is 8.84. The number of nitrogens with zero attached hydrogens (tertiary/aromatic N) is 5. The van der Waals surface area contributed by atoms with Gasteiger partial charge in [0.05, 0.1) is 12.7 Å². The van der Waals surface area contributed by atoms with E-state index in [1.54, 1.807) is 29.6 Å². The molecule has 1 aliphatic heterocycles. The molecule has 0 bridgehead atoms. The van der Waals surface area contributed by atoms with Crippen molar-refractivity contribution in [3.05, 3.63) is 54.2 Å². The fourth-order valence-electron chi connectivity index (χ4n) is 3.12. The lowest BCUT2D eigenvalue weighted by Gasteiger charge is -2.25. The Balaban J connectivity index is 1.53. The van der Waals surface area contributed by atoms with Crippen LogP contribution >= 0.6 is 0 Å². The lowest BCUT2D eigenvalue weighted by atomic mass is 10.2. The molecule has 0 N–H and O–H groups in total. The summed E-state index contributed by atoms with van der Waals surface area (Å²) in [5.41, 5.74) is 0.703. The summed E-state index contributed by atoms with van der Waals surface area (Å²) in [4.78, 5) is 26.7. The summed E-state index contributed by atoms with van der Waals surface area (Å²) >= 11 is 0. The monoisotopic (exact) mass is 357 g/mol. The van der Waals surface area contributed by atoms with Gasteiger partial charge in [-0.1, -0.05) is 18.2 Å². The van der Waals surface area contributed by atoms with Crippen LogP contribution in [0.1, 0.15) is 12.0 Å². The summed E-state index contributed by atoms with van der Waals surface area (Å²) in [6, 6.07) is 6.87. The summed E-state index contributed by atoms with van der Waals surface area (Å²) in [7, 11) is 1.84. The van der Waals surface area contributed by atoms with Gasteiger partial charge in [-0.05, 0) is 12.5 Å². The maximum absolute atomic E-state index is 13.8. The van der Waals surface area contributed by atoms with Crippen LogP contribution in [0, 0.1) is 5.82 Å². The highest BCUT2D eigenvalue weighted by molar-refractivity contribution is 5.81. The van der Waals surface area contributed by atoms with Gasteiger partial charge in [0.25, 0.3) is 0 Å². The predicted molar refractivity (Wildman–Crippen MR) is 98.2 cm³/mol. The molecule has 1 aromatic carbocycles. The molecule has 0 unspecified atom stereocenters. The van der Waals surface area contributed by atoms with Crippen LogP contribution in [0.2, 0.25) is 0 Å². The lowest BCUT2D eigenvalue weighted by Crippen LogP contribution is -2.41.